The first-order valence-corrected chi connectivity index (χ1v) is 6.37. The minimum absolute atomic E-state index is 0.0561. The van der Waals surface area contributed by atoms with Gasteiger partial charge in [0, 0.05) is 5.39 Å². The maximum absolute atomic E-state index is 12.1. The minimum Gasteiger partial charge on any atom is -0.506 e. The van der Waals surface area contributed by atoms with Crippen molar-refractivity contribution in [3.8, 4) is 5.75 Å². The molecule has 0 radical (unpaired) electrons. The van der Waals surface area contributed by atoms with E-state index in [2.05, 4.69) is 0 Å². The summed E-state index contributed by atoms with van der Waals surface area (Å²) < 4.78 is 6.41. The molecule has 0 spiro atoms. The maximum Gasteiger partial charge on any atom is 0.419 e. The molecule has 19 heavy (non-hydrogen) atoms. The van der Waals surface area contributed by atoms with Crippen LogP contribution in [0.15, 0.2) is 18.3 Å². The van der Waals surface area contributed by atoms with Crippen LogP contribution in [0.2, 0.25) is 10.0 Å². The van der Waals surface area contributed by atoms with Gasteiger partial charge in [0.2, 0.25) is 0 Å². The second kappa shape index (κ2) is 4.62. The van der Waals surface area contributed by atoms with Gasteiger partial charge in [-0.1, -0.05) is 23.2 Å². The molecule has 0 saturated heterocycles. The molecular formula is C13H13Cl2NO3. The molecular weight excluding hydrogens is 289 g/mol. The van der Waals surface area contributed by atoms with E-state index in [0.29, 0.717) is 15.9 Å². The van der Waals surface area contributed by atoms with Crippen molar-refractivity contribution in [2.45, 2.75) is 26.4 Å². The Bertz CT molecular complexity index is 656. The van der Waals surface area contributed by atoms with Gasteiger partial charge in [-0.2, -0.15) is 0 Å². The lowest BCUT2D eigenvalue weighted by molar-refractivity contribution is 0.0543. The average molecular weight is 302 g/mol. The van der Waals surface area contributed by atoms with Crippen LogP contribution in [0.1, 0.15) is 20.8 Å². The fraction of sp³-hybridized carbons (Fsp3) is 0.308. The van der Waals surface area contributed by atoms with E-state index < -0.39 is 11.7 Å². The summed E-state index contributed by atoms with van der Waals surface area (Å²) in [6, 6.07) is 3.16. The topological polar surface area (TPSA) is 51.5 Å². The molecule has 1 N–H and O–H groups in total. The number of carbonyl (C=O) groups excluding carboxylic acids is 1. The number of aromatic hydroxyl groups is 1. The van der Waals surface area contributed by atoms with E-state index in [4.69, 9.17) is 27.9 Å². The minimum atomic E-state index is -0.644. The van der Waals surface area contributed by atoms with Gasteiger partial charge in [-0.15, -0.1) is 0 Å². The first-order valence-electron chi connectivity index (χ1n) is 5.62. The lowest BCUT2D eigenvalue weighted by Crippen LogP contribution is -2.26. The Morgan fingerprint density at radius 3 is 2.53 bits per heavy atom. The summed E-state index contributed by atoms with van der Waals surface area (Å²) in [6.07, 6.45) is 0.642. The number of benzene rings is 1. The van der Waals surface area contributed by atoms with Crippen LogP contribution in [0, 0.1) is 0 Å². The lowest BCUT2D eigenvalue weighted by Gasteiger charge is -2.19. The molecule has 0 amide bonds. The quantitative estimate of drug-likeness (QED) is 0.783. The molecule has 0 saturated carbocycles. The van der Waals surface area contributed by atoms with Gasteiger partial charge >= 0.3 is 6.09 Å². The second-order valence-corrected chi connectivity index (χ2v) is 5.91. The van der Waals surface area contributed by atoms with Gasteiger partial charge in [0.15, 0.2) is 0 Å². The Labute approximate surface area is 120 Å². The van der Waals surface area contributed by atoms with Gasteiger partial charge in [-0.3, -0.25) is 0 Å². The summed E-state index contributed by atoms with van der Waals surface area (Å²) in [7, 11) is 0. The first kappa shape index (κ1) is 14.0. The number of hydrogen-bond donors (Lipinski definition) is 1. The third-order valence-electron chi connectivity index (χ3n) is 2.43. The molecule has 1 aromatic heterocycles. The summed E-state index contributed by atoms with van der Waals surface area (Å²) in [4.78, 5) is 12.1. The number of hydrogen-bond acceptors (Lipinski definition) is 3. The van der Waals surface area contributed by atoms with Crippen molar-refractivity contribution < 1.29 is 14.6 Å². The lowest BCUT2D eigenvalue weighted by atomic mass is 10.2. The van der Waals surface area contributed by atoms with Gasteiger partial charge in [-0.05, 0) is 32.9 Å². The highest BCUT2D eigenvalue weighted by Crippen LogP contribution is 2.36. The second-order valence-electron chi connectivity index (χ2n) is 5.12. The van der Waals surface area contributed by atoms with Crippen LogP contribution >= 0.6 is 23.2 Å². The fourth-order valence-corrected chi connectivity index (χ4v) is 2.10. The Balaban J connectivity index is 2.61. The highest BCUT2D eigenvalue weighted by molar-refractivity contribution is 6.45. The maximum atomic E-state index is 12.1. The molecule has 0 aliphatic carbocycles. The largest absolute Gasteiger partial charge is 0.506 e. The molecule has 6 heteroatoms. The summed E-state index contributed by atoms with van der Waals surface area (Å²) in [5.74, 6) is -0.0561. The van der Waals surface area contributed by atoms with E-state index in [9.17, 15) is 9.90 Å². The Hall–Kier alpha value is -1.39. The van der Waals surface area contributed by atoms with Crippen LogP contribution in [0.5, 0.6) is 5.75 Å². The molecule has 102 valence electrons. The SMILES string of the molecule is CC(C)(C)OC(=O)n1cc(O)c2ccc(Cl)c(Cl)c21. The number of halogens is 2. The molecule has 2 rings (SSSR count). The van der Waals surface area contributed by atoms with Crippen molar-refractivity contribution in [1.29, 1.82) is 0 Å². The predicted molar refractivity (Wildman–Crippen MR) is 75.3 cm³/mol. The van der Waals surface area contributed by atoms with Crippen molar-refractivity contribution in [2.75, 3.05) is 0 Å². The molecule has 0 atom stereocenters. The van der Waals surface area contributed by atoms with Gasteiger partial charge in [0.1, 0.15) is 11.4 Å². The number of rotatable bonds is 0. The summed E-state index contributed by atoms with van der Waals surface area (Å²) in [5.41, 5.74) is -0.310. The van der Waals surface area contributed by atoms with E-state index in [1.165, 1.54) is 6.20 Å². The normalized spacial score (nSPS) is 11.8. The van der Waals surface area contributed by atoms with Crippen molar-refractivity contribution in [1.82, 2.24) is 4.57 Å². The van der Waals surface area contributed by atoms with Crippen LogP contribution in [-0.4, -0.2) is 21.4 Å². The molecule has 1 aromatic carbocycles. The van der Waals surface area contributed by atoms with Gasteiger partial charge in [0.05, 0.1) is 21.8 Å². The van der Waals surface area contributed by atoms with Crippen LogP contribution < -0.4 is 0 Å². The highest BCUT2D eigenvalue weighted by Gasteiger charge is 2.22. The molecule has 0 bridgehead atoms. The van der Waals surface area contributed by atoms with E-state index >= 15 is 0 Å². The molecule has 1 heterocycles. The predicted octanol–water partition coefficient (Wildman–Crippen LogP) is 4.44. The number of ether oxygens (including phenoxy) is 1. The Kier molecular flexibility index (Phi) is 3.41. The van der Waals surface area contributed by atoms with Crippen LogP contribution in [0.25, 0.3) is 10.9 Å². The molecule has 0 aliphatic rings. The third kappa shape index (κ3) is 2.65. The Morgan fingerprint density at radius 1 is 1.32 bits per heavy atom. The number of fused-ring (bicyclic) bond motifs is 1. The van der Waals surface area contributed by atoms with Gasteiger partial charge in [-0.25, -0.2) is 9.36 Å². The van der Waals surface area contributed by atoms with Crippen LogP contribution in [0.4, 0.5) is 4.79 Å². The monoisotopic (exact) mass is 301 g/mol. The van der Waals surface area contributed by atoms with Crippen LogP contribution in [0.3, 0.4) is 0 Å². The van der Waals surface area contributed by atoms with Crippen molar-refractivity contribution in [2.24, 2.45) is 0 Å². The number of nitrogens with zero attached hydrogens (tertiary/aromatic N) is 1. The van der Waals surface area contributed by atoms with E-state index in [-0.39, 0.29) is 10.8 Å². The molecule has 2 aromatic rings. The van der Waals surface area contributed by atoms with E-state index in [1.807, 2.05) is 0 Å². The Morgan fingerprint density at radius 2 is 1.95 bits per heavy atom. The first-order chi connectivity index (χ1) is 8.70. The number of carbonyl (C=O) groups is 1. The smallest absolute Gasteiger partial charge is 0.419 e. The molecule has 0 aliphatic heterocycles. The third-order valence-corrected chi connectivity index (χ3v) is 3.22. The highest BCUT2D eigenvalue weighted by atomic mass is 35.5. The van der Waals surface area contributed by atoms with E-state index in [1.54, 1.807) is 32.9 Å². The zero-order valence-corrected chi connectivity index (χ0v) is 12.2. The van der Waals surface area contributed by atoms with Crippen molar-refractivity contribution in [3.05, 3.63) is 28.4 Å². The summed E-state index contributed by atoms with van der Waals surface area (Å²) in [6.45, 7) is 5.26. The van der Waals surface area contributed by atoms with Gasteiger partial charge < -0.3 is 9.84 Å². The van der Waals surface area contributed by atoms with E-state index in [0.717, 1.165) is 4.57 Å². The fourth-order valence-electron chi connectivity index (χ4n) is 1.69. The molecule has 0 fully saturated rings. The average Bonchev–Trinajstić information content (AvgIpc) is 2.60. The number of aromatic nitrogens is 1. The van der Waals surface area contributed by atoms with Crippen molar-refractivity contribution in [3.63, 3.8) is 0 Å². The summed E-state index contributed by atoms with van der Waals surface area (Å²) >= 11 is 12.0. The van der Waals surface area contributed by atoms with Crippen LogP contribution in [-0.2, 0) is 4.74 Å². The molecule has 4 nitrogen and oxygen atoms in total. The summed E-state index contributed by atoms with van der Waals surface area (Å²) in [5, 5.41) is 10.8. The zero-order chi connectivity index (χ0) is 14.4. The zero-order valence-electron chi connectivity index (χ0n) is 10.7. The standard InChI is InChI=1S/C13H13Cl2NO3/c1-13(2,3)19-12(18)16-6-9(17)7-4-5-8(14)10(15)11(7)16/h4-6,17H,1-3H3. The molecule has 0 unspecified atom stereocenters. The van der Waals surface area contributed by atoms with Gasteiger partial charge in [0.25, 0.3) is 0 Å². The van der Waals surface area contributed by atoms with Crippen molar-refractivity contribution >= 4 is 40.2 Å².